The number of aromatic nitrogens is 4. The molecule has 0 atom stereocenters. The Balaban J connectivity index is 1.16. The van der Waals surface area contributed by atoms with Crippen molar-refractivity contribution in [1.82, 2.24) is 24.4 Å². The van der Waals surface area contributed by atoms with Gasteiger partial charge in [-0.3, -0.25) is 4.79 Å². The third-order valence-electron chi connectivity index (χ3n) is 6.78. The second-order valence-electron chi connectivity index (χ2n) is 9.25. The molecule has 2 aromatic carbocycles. The molecule has 4 aromatic rings. The van der Waals surface area contributed by atoms with Crippen molar-refractivity contribution in [2.24, 2.45) is 0 Å². The summed E-state index contributed by atoms with van der Waals surface area (Å²) in [5.41, 5.74) is 5.18. The first-order valence-corrected chi connectivity index (χ1v) is 12.7. The SMILES string of the molecule is O=C1c2cc(-c3nc(NC4CCOCC4)ncc3Cl)ccc2CN1C[CH]c1cccc(-n2ccnc2)c1. The van der Waals surface area contributed by atoms with Crippen LogP contribution < -0.4 is 5.32 Å². The van der Waals surface area contributed by atoms with Gasteiger partial charge < -0.3 is 19.5 Å². The van der Waals surface area contributed by atoms with Gasteiger partial charge >= 0.3 is 0 Å². The smallest absolute Gasteiger partial charge is 0.254 e. The van der Waals surface area contributed by atoms with Gasteiger partial charge in [0, 0.05) is 68.0 Å². The zero-order chi connectivity index (χ0) is 25.2. The second kappa shape index (κ2) is 10.3. The largest absolute Gasteiger partial charge is 0.381 e. The lowest BCUT2D eigenvalue weighted by Gasteiger charge is -2.23. The molecule has 1 N–H and O–H groups in total. The first-order valence-electron chi connectivity index (χ1n) is 12.3. The van der Waals surface area contributed by atoms with Crippen molar-refractivity contribution in [2.75, 3.05) is 25.1 Å². The van der Waals surface area contributed by atoms with E-state index in [-0.39, 0.29) is 11.9 Å². The Morgan fingerprint density at radius 1 is 1.16 bits per heavy atom. The summed E-state index contributed by atoms with van der Waals surface area (Å²) in [5, 5.41) is 3.84. The average Bonchev–Trinajstić information content (AvgIpc) is 3.58. The number of carbonyl (C=O) groups excluding carboxylic acids is 1. The van der Waals surface area contributed by atoms with E-state index in [1.807, 2.05) is 52.1 Å². The summed E-state index contributed by atoms with van der Waals surface area (Å²) in [4.78, 5) is 28.3. The van der Waals surface area contributed by atoms with Crippen LogP contribution in [-0.2, 0) is 11.3 Å². The number of halogens is 1. The van der Waals surface area contributed by atoms with Crippen LogP contribution in [0.15, 0.2) is 67.4 Å². The number of anilines is 1. The fourth-order valence-corrected chi connectivity index (χ4v) is 4.96. The highest BCUT2D eigenvalue weighted by Gasteiger charge is 2.28. The number of ether oxygens (including phenoxy) is 1. The maximum atomic E-state index is 13.3. The Bertz CT molecular complexity index is 1420. The summed E-state index contributed by atoms with van der Waals surface area (Å²) in [6, 6.07) is 14.3. The molecule has 1 fully saturated rings. The van der Waals surface area contributed by atoms with Gasteiger partial charge in [-0.05, 0) is 42.2 Å². The molecule has 6 rings (SSSR count). The van der Waals surface area contributed by atoms with E-state index in [1.165, 1.54) is 0 Å². The number of benzene rings is 2. The zero-order valence-corrected chi connectivity index (χ0v) is 20.9. The molecule has 4 heterocycles. The van der Waals surface area contributed by atoms with Gasteiger partial charge in [0.2, 0.25) is 5.95 Å². The van der Waals surface area contributed by atoms with Crippen LogP contribution in [0.2, 0.25) is 5.02 Å². The Hall–Kier alpha value is -3.75. The highest BCUT2D eigenvalue weighted by atomic mass is 35.5. The summed E-state index contributed by atoms with van der Waals surface area (Å²) in [6.45, 7) is 2.55. The van der Waals surface area contributed by atoms with Crippen LogP contribution in [-0.4, -0.2) is 56.1 Å². The third kappa shape index (κ3) is 5.08. The van der Waals surface area contributed by atoms with Gasteiger partial charge in [-0.15, -0.1) is 0 Å². The van der Waals surface area contributed by atoms with E-state index >= 15 is 0 Å². The van der Waals surface area contributed by atoms with Gasteiger partial charge in [-0.25, -0.2) is 15.0 Å². The molecule has 0 saturated carbocycles. The molecule has 2 aliphatic heterocycles. The van der Waals surface area contributed by atoms with Crippen molar-refractivity contribution < 1.29 is 9.53 Å². The van der Waals surface area contributed by atoms with E-state index in [0.717, 1.165) is 48.4 Å². The molecule has 8 nitrogen and oxygen atoms in total. The summed E-state index contributed by atoms with van der Waals surface area (Å²) in [6.07, 6.45) is 10.9. The van der Waals surface area contributed by atoms with Gasteiger partial charge in [0.25, 0.3) is 5.91 Å². The van der Waals surface area contributed by atoms with E-state index in [4.69, 9.17) is 16.3 Å². The monoisotopic (exact) mass is 513 g/mol. The van der Waals surface area contributed by atoms with E-state index in [1.54, 1.807) is 18.7 Å². The molecule has 1 amide bonds. The number of carbonyl (C=O) groups is 1. The predicted octanol–water partition coefficient (Wildman–Crippen LogP) is 4.78. The molecular formula is C28H26ClN6O2. The lowest BCUT2D eigenvalue weighted by Crippen LogP contribution is -2.28. The highest BCUT2D eigenvalue weighted by Crippen LogP contribution is 2.32. The fraction of sp³-hybridized carbons (Fsp3) is 0.250. The van der Waals surface area contributed by atoms with Crippen LogP contribution in [0.1, 0.15) is 34.3 Å². The van der Waals surface area contributed by atoms with E-state index < -0.39 is 0 Å². The van der Waals surface area contributed by atoms with Crippen molar-refractivity contribution in [3.8, 4) is 16.9 Å². The van der Waals surface area contributed by atoms with Crippen LogP contribution in [0.25, 0.3) is 16.9 Å². The lowest BCUT2D eigenvalue weighted by atomic mass is 10.0. The topological polar surface area (TPSA) is 85.2 Å². The van der Waals surface area contributed by atoms with Crippen LogP contribution in [0.4, 0.5) is 5.95 Å². The van der Waals surface area contributed by atoms with E-state index in [0.29, 0.717) is 35.3 Å². The summed E-state index contributed by atoms with van der Waals surface area (Å²) < 4.78 is 7.39. The minimum Gasteiger partial charge on any atom is -0.381 e. The molecule has 2 aliphatic rings. The molecular weight excluding hydrogens is 488 g/mol. The summed E-state index contributed by atoms with van der Waals surface area (Å²) in [7, 11) is 0. The van der Waals surface area contributed by atoms with Crippen molar-refractivity contribution in [3.05, 3.63) is 95.5 Å². The normalized spacial score (nSPS) is 15.7. The number of nitrogens with zero attached hydrogens (tertiary/aromatic N) is 5. The van der Waals surface area contributed by atoms with Crippen LogP contribution in [0, 0.1) is 6.42 Å². The van der Waals surface area contributed by atoms with Gasteiger partial charge in [0.05, 0.1) is 23.2 Å². The third-order valence-corrected chi connectivity index (χ3v) is 7.06. The predicted molar refractivity (Wildman–Crippen MR) is 142 cm³/mol. The van der Waals surface area contributed by atoms with Gasteiger partial charge in [0.1, 0.15) is 0 Å². The van der Waals surface area contributed by atoms with Gasteiger partial charge in [-0.1, -0.05) is 35.9 Å². The highest BCUT2D eigenvalue weighted by molar-refractivity contribution is 6.33. The number of amides is 1. The Morgan fingerprint density at radius 3 is 2.89 bits per heavy atom. The van der Waals surface area contributed by atoms with Crippen LogP contribution in [0.3, 0.4) is 0 Å². The molecule has 1 saturated heterocycles. The van der Waals surface area contributed by atoms with Crippen molar-refractivity contribution in [1.29, 1.82) is 0 Å². The molecule has 0 unspecified atom stereocenters. The molecule has 187 valence electrons. The molecule has 0 bridgehead atoms. The fourth-order valence-electron chi connectivity index (χ4n) is 4.76. The first-order chi connectivity index (χ1) is 18.1. The average molecular weight is 514 g/mol. The molecule has 0 aliphatic carbocycles. The first kappa shape index (κ1) is 23.6. The number of fused-ring (bicyclic) bond motifs is 1. The van der Waals surface area contributed by atoms with Crippen LogP contribution in [0.5, 0.6) is 0 Å². The minimum atomic E-state index is 0.00426. The molecule has 1 radical (unpaired) electrons. The zero-order valence-electron chi connectivity index (χ0n) is 20.2. The standard InChI is InChI=1S/C28H26ClN6O2/c29-25-16-31-28(32-22-7-12-37-13-8-22)33-26(25)20-4-5-21-17-34(27(36)24(21)15-20)10-6-19-2-1-3-23(14-19)35-11-9-30-18-35/h1-6,9,11,14-16,18,22H,7-8,10,12-13,17H2,(H,31,32,33). The van der Waals surface area contributed by atoms with Gasteiger partial charge in [0.15, 0.2) is 0 Å². The van der Waals surface area contributed by atoms with Crippen molar-refractivity contribution >= 4 is 23.5 Å². The number of nitrogens with one attached hydrogen (secondary N) is 1. The molecule has 9 heteroatoms. The Labute approximate surface area is 220 Å². The van der Waals surface area contributed by atoms with E-state index in [9.17, 15) is 4.79 Å². The molecule has 37 heavy (non-hydrogen) atoms. The number of imidazole rings is 1. The quantitative estimate of drug-likeness (QED) is 0.383. The molecule has 0 spiro atoms. The Morgan fingerprint density at radius 2 is 2.05 bits per heavy atom. The maximum absolute atomic E-state index is 13.3. The minimum absolute atomic E-state index is 0.00426. The lowest BCUT2D eigenvalue weighted by molar-refractivity contribution is 0.0792. The number of rotatable bonds is 7. The van der Waals surface area contributed by atoms with Crippen molar-refractivity contribution in [3.63, 3.8) is 0 Å². The van der Waals surface area contributed by atoms with Crippen molar-refractivity contribution in [2.45, 2.75) is 25.4 Å². The summed E-state index contributed by atoms with van der Waals surface area (Å²) in [5.74, 6) is 0.539. The van der Waals surface area contributed by atoms with E-state index in [2.05, 4.69) is 32.8 Å². The van der Waals surface area contributed by atoms with Gasteiger partial charge in [-0.2, -0.15) is 0 Å². The summed E-state index contributed by atoms with van der Waals surface area (Å²) >= 11 is 6.48. The maximum Gasteiger partial charge on any atom is 0.254 e. The molecule has 2 aromatic heterocycles. The Kier molecular flexibility index (Phi) is 6.59. The second-order valence-corrected chi connectivity index (χ2v) is 9.66. The number of hydrogen-bond acceptors (Lipinski definition) is 6. The van der Waals surface area contributed by atoms with Crippen LogP contribution >= 0.6 is 11.6 Å². The number of hydrogen-bond donors (Lipinski definition) is 1.